The van der Waals surface area contributed by atoms with E-state index in [9.17, 15) is 10.2 Å². The minimum absolute atomic E-state index is 0.347. The molecule has 0 bridgehead atoms. The van der Waals surface area contributed by atoms with Crippen LogP contribution in [0.1, 0.15) is 48.2 Å². The maximum absolute atomic E-state index is 10.9. The maximum Gasteiger partial charge on any atom is 0.126 e. The Morgan fingerprint density at radius 2 is 2.03 bits per heavy atom. The summed E-state index contributed by atoms with van der Waals surface area (Å²) in [5, 5.41) is 22.8. The zero-order chi connectivity index (χ0) is 21.6. The molecule has 0 unspecified atom stereocenters. The first-order chi connectivity index (χ1) is 15.0. The molecule has 31 heavy (non-hydrogen) atoms. The second-order valence-electron chi connectivity index (χ2n) is 9.02. The van der Waals surface area contributed by atoms with E-state index in [1.807, 2.05) is 24.4 Å². The van der Waals surface area contributed by atoms with Crippen molar-refractivity contribution in [3.8, 4) is 11.5 Å². The van der Waals surface area contributed by atoms with Gasteiger partial charge in [0.05, 0.1) is 19.3 Å². The fraction of sp³-hybridized carbons (Fsp3) is 0.440. The lowest BCUT2D eigenvalue weighted by Crippen LogP contribution is -2.51. The highest BCUT2D eigenvalue weighted by Gasteiger charge is 2.43. The number of piperidine rings is 1. The van der Waals surface area contributed by atoms with Gasteiger partial charge in [0.2, 0.25) is 0 Å². The summed E-state index contributed by atoms with van der Waals surface area (Å²) in [6, 6.07) is 11.9. The lowest BCUT2D eigenvalue weighted by Gasteiger charge is -2.46. The SMILES string of the molecule is COc1ccc2c(c1)[C@@H](O)CC1(CCN(C[C@H](O)c3c[nH]c4ccc(C)cc34)CC1)O2. The molecule has 1 spiro atoms. The molecule has 3 N–H and O–H groups in total. The second-order valence-corrected chi connectivity index (χ2v) is 9.02. The Morgan fingerprint density at radius 1 is 1.23 bits per heavy atom. The molecule has 2 aromatic carbocycles. The Balaban J connectivity index is 1.25. The number of ether oxygens (including phenoxy) is 2. The summed E-state index contributed by atoms with van der Waals surface area (Å²) in [5.41, 5.74) is 3.65. The van der Waals surface area contributed by atoms with Gasteiger partial charge in [0.15, 0.2) is 0 Å². The van der Waals surface area contributed by atoms with E-state index in [-0.39, 0.29) is 5.60 Å². The molecule has 5 rings (SSSR count). The molecule has 6 heteroatoms. The van der Waals surface area contributed by atoms with Crippen LogP contribution in [0.25, 0.3) is 10.9 Å². The first-order valence-electron chi connectivity index (χ1n) is 11.0. The van der Waals surface area contributed by atoms with E-state index in [0.29, 0.717) is 13.0 Å². The smallest absolute Gasteiger partial charge is 0.126 e. The topological polar surface area (TPSA) is 78.0 Å². The lowest BCUT2D eigenvalue weighted by atomic mass is 9.81. The van der Waals surface area contributed by atoms with E-state index in [4.69, 9.17) is 9.47 Å². The fourth-order valence-corrected chi connectivity index (χ4v) is 5.07. The van der Waals surface area contributed by atoms with Gasteiger partial charge in [-0.25, -0.2) is 0 Å². The van der Waals surface area contributed by atoms with Gasteiger partial charge in [-0.2, -0.15) is 0 Å². The molecule has 0 amide bonds. The Morgan fingerprint density at radius 3 is 2.81 bits per heavy atom. The van der Waals surface area contributed by atoms with Gasteiger partial charge >= 0.3 is 0 Å². The van der Waals surface area contributed by atoms with Gasteiger partial charge in [-0.15, -0.1) is 0 Å². The predicted molar refractivity (Wildman–Crippen MR) is 120 cm³/mol. The van der Waals surface area contributed by atoms with E-state index < -0.39 is 12.2 Å². The Hall–Kier alpha value is -2.54. The van der Waals surface area contributed by atoms with Crippen molar-refractivity contribution in [2.75, 3.05) is 26.7 Å². The molecule has 3 heterocycles. The van der Waals surface area contributed by atoms with Crippen LogP contribution in [0.3, 0.4) is 0 Å². The normalized spacial score (nSPS) is 21.6. The van der Waals surface area contributed by atoms with E-state index in [0.717, 1.165) is 59.5 Å². The summed E-state index contributed by atoms with van der Waals surface area (Å²) in [4.78, 5) is 5.56. The van der Waals surface area contributed by atoms with Crippen molar-refractivity contribution in [3.63, 3.8) is 0 Å². The van der Waals surface area contributed by atoms with Crippen LogP contribution in [-0.2, 0) is 0 Å². The van der Waals surface area contributed by atoms with Gasteiger partial charge < -0.3 is 29.6 Å². The zero-order valence-electron chi connectivity index (χ0n) is 18.1. The van der Waals surface area contributed by atoms with Crippen molar-refractivity contribution in [1.82, 2.24) is 9.88 Å². The van der Waals surface area contributed by atoms with Crippen molar-refractivity contribution in [2.45, 2.75) is 44.0 Å². The number of methoxy groups -OCH3 is 1. The molecule has 1 fully saturated rings. The van der Waals surface area contributed by atoms with Gasteiger partial charge in [-0.05, 0) is 50.1 Å². The molecular formula is C25H30N2O4. The molecule has 3 aromatic rings. The standard InChI is InChI=1S/C25H30N2O4/c1-16-3-5-21-18(11-16)20(14-26-21)23(29)15-27-9-7-25(8-10-27)13-22(28)19-12-17(30-2)4-6-24(19)31-25/h3-6,11-12,14,22-23,26,28-29H,7-10,13,15H2,1-2H3/t22-,23-/m0/s1. The molecule has 1 aromatic heterocycles. The van der Waals surface area contributed by atoms with Gasteiger partial charge in [0.25, 0.3) is 0 Å². The quantitative estimate of drug-likeness (QED) is 0.595. The van der Waals surface area contributed by atoms with Crippen LogP contribution in [0.2, 0.25) is 0 Å². The first-order valence-corrected chi connectivity index (χ1v) is 11.0. The number of aromatic amines is 1. The molecule has 2 aliphatic heterocycles. The van der Waals surface area contributed by atoms with Gasteiger partial charge in [-0.1, -0.05) is 11.6 Å². The Kier molecular flexibility index (Phi) is 5.16. The molecular weight excluding hydrogens is 392 g/mol. The monoisotopic (exact) mass is 422 g/mol. The number of nitrogens with zero attached hydrogens (tertiary/aromatic N) is 1. The Bertz CT molecular complexity index is 1080. The summed E-state index contributed by atoms with van der Waals surface area (Å²) in [6.07, 6.45) is 3.07. The number of rotatable bonds is 4. The van der Waals surface area contributed by atoms with E-state index >= 15 is 0 Å². The van der Waals surface area contributed by atoms with Crippen LogP contribution in [0.4, 0.5) is 0 Å². The number of aliphatic hydroxyl groups is 2. The van der Waals surface area contributed by atoms with Crippen molar-refractivity contribution in [2.24, 2.45) is 0 Å². The summed E-state index contributed by atoms with van der Waals surface area (Å²) in [7, 11) is 1.63. The van der Waals surface area contributed by atoms with Crippen molar-refractivity contribution in [3.05, 3.63) is 59.3 Å². The Labute approximate surface area is 182 Å². The number of β-amino-alcohol motifs (C(OH)–C–C–N with tert-alkyl or cyclic N) is 1. The molecule has 6 nitrogen and oxygen atoms in total. The molecule has 2 atom stereocenters. The average Bonchev–Trinajstić information content (AvgIpc) is 3.18. The van der Waals surface area contributed by atoms with Gasteiger partial charge in [0.1, 0.15) is 17.1 Å². The third kappa shape index (κ3) is 3.80. The van der Waals surface area contributed by atoms with Crippen LogP contribution < -0.4 is 9.47 Å². The number of benzene rings is 2. The number of aromatic nitrogens is 1. The van der Waals surface area contributed by atoms with Gasteiger partial charge in [0, 0.05) is 54.3 Å². The number of aliphatic hydroxyl groups excluding tert-OH is 2. The van der Waals surface area contributed by atoms with Crippen LogP contribution >= 0.6 is 0 Å². The van der Waals surface area contributed by atoms with Gasteiger partial charge in [-0.3, -0.25) is 0 Å². The highest BCUT2D eigenvalue weighted by molar-refractivity contribution is 5.84. The van der Waals surface area contributed by atoms with Crippen LogP contribution in [0, 0.1) is 6.92 Å². The van der Waals surface area contributed by atoms with E-state index in [1.165, 1.54) is 5.56 Å². The molecule has 0 saturated carbocycles. The lowest BCUT2D eigenvalue weighted by molar-refractivity contribution is -0.0588. The van der Waals surface area contributed by atoms with Crippen molar-refractivity contribution < 1.29 is 19.7 Å². The summed E-state index contributed by atoms with van der Waals surface area (Å²) in [5.74, 6) is 1.48. The number of nitrogens with one attached hydrogen (secondary N) is 1. The number of likely N-dealkylation sites (tertiary alicyclic amines) is 1. The fourth-order valence-electron chi connectivity index (χ4n) is 5.07. The number of hydrogen-bond donors (Lipinski definition) is 3. The van der Waals surface area contributed by atoms with Crippen molar-refractivity contribution in [1.29, 1.82) is 0 Å². The third-order valence-electron chi connectivity index (χ3n) is 6.89. The molecule has 164 valence electrons. The number of fused-ring (bicyclic) bond motifs is 2. The van der Waals surface area contributed by atoms with E-state index in [1.54, 1.807) is 7.11 Å². The molecule has 0 radical (unpaired) electrons. The minimum Gasteiger partial charge on any atom is -0.497 e. The molecule has 0 aliphatic carbocycles. The largest absolute Gasteiger partial charge is 0.497 e. The first kappa shape index (κ1) is 20.4. The maximum atomic E-state index is 10.9. The number of aryl methyl sites for hydroxylation is 1. The zero-order valence-corrected chi connectivity index (χ0v) is 18.1. The third-order valence-corrected chi connectivity index (χ3v) is 6.89. The highest BCUT2D eigenvalue weighted by Crippen LogP contribution is 2.45. The molecule has 1 saturated heterocycles. The summed E-state index contributed by atoms with van der Waals surface area (Å²) < 4.78 is 11.7. The summed E-state index contributed by atoms with van der Waals surface area (Å²) in [6.45, 7) is 4.32. The minimum atomic E-state index is -0.551. The van der Waals surface area contributed by atoms with Crippen LogP contribution in [0.15, 0.2) is 42.6 Å². The molecule has 2 aliphatic rings. The predicted octanol–water partition coefficient (Wildman–Crippen LogP) is 3.87. The van der Waals surface area contributed by atoms with Crippen LogP contribution in [0.5, 0.6) is 11.5 Å². The summed E-state index contributed by atoms with van der Waals surface area (Å²) >= 11 is 0. The number of hydrogen-bond acceptors (Lipinski definition) is 5. The second kappa shape index (κ2) is 7.86. The number of H-pyrrole nitrogens is 1. The highest BCUT2D eigenvalue weighted by atomic mass is 16.5. The van der Waals surface area contributed by atoms with Crippen molar-refractivity contribution >= 4 is 10.9 Å². The van der Waals surface area contributed by atoms with E-state index in [2.05, 4.69) is 35.0 Å². The average molecular weight is 423 g/mol. The van der Waals surface area contributed by atoms with Crippen LogP contribution in [-0.4, -0.2) is 52.4 Å².